The van der Waals surface area contributed by atoms with E-state index in [1.807, 2.05) is 18.2 Å². The van der Waals surface area contributed by atoms with Crippen LogP contribution in [0.2, 0.25) is 0 Å². The Labute approximate surface area is 142 Å². The Bertz CT molecular complexity index is 1010. The van der Waals surface area contributed by atoms with E-state index in [9.17, 15) is 4.79 Å². The molecule has 0 bridgehead atoms. The molecule has 8 heteroatoms. The first-order valence-electron chi connectivity index (χ1n) is 7.51. The molecule has 0 saturated carbocycles. The summed E-state index contributed by atoms with van der Waals surface area (Å²) in [6, 6.07) is 12.6. The number of nitrogens with zero attached hydrogens (tertiary/aromatic N) is 2. The lowest BCUT2D eigenvalue weighted by molar-refractivity contribution is 0.174. The van der Waals surface area contributed by atoms with E-state index in [0.717, 1.165) is 5.56 Å². The van der Waals surface area contributed by atoms with Crippen LogP contribution in [-0.4, -0.2) is 24.1 Å². The third-order valence-electron chi connectivity index (χ3n) is 3.76. The number of aromatic nitrogens is 2. The van der Waals surface area contributed by atoms with Gasteiger partial charge in [-0.05, 0) is 30.3 Å². The van der Waals surface area contributed by atoms with Gasteiger partial charge >= 0.3 is 0 Å². The summed E-state index contributed by atoms with van der Waals surface area (Å²) in [5.74, 6) is 1.86. The normalized spacial score (nSPS) is 12.7. The molecular weight excluding hydrogens is 324 g/mol. The minimum Gasteiger partial charge on any atom is -0.494 e. The highest BCUT2D eigenvalue weighted by atomic mass is 16.7. The second kappa shape index (κ2) is 6.16. The van der Waals surface area contributed by atoms with Gasteiger partial charge < -0.3 is 14.2 Å². The molecule has 25 heavy (non-hydrogen) atoms. The number of methoxy groups -OCH3 is 1. The van der Waals surface area contributed by atoms with Crippen LogP contribution < -0.4 is 19.8 Å². The van der Waals surface area contributed by atoms with E-state index in [4.69, 9.17) is 14.2 Å². The molecule has 0 atom stereocenters. The SMILES string of the molecule is COc1ccccc1N=Nc1c(-c2ccc3c(c2)OCO3)[nH][nH]c1=O. The summed E-state index contributed by atoms with van der Waals surface area (Å²) in [5, 5.41) is 13.6. The zero-order chi connectivity index (χ0) is 17.2. The third-order valence-corrected chi connectivity index (χ3v) is 3.76. The molecule has 1 aliphatic rings. The molecule has 0 unspecified atom stereocenters. The van der Waals surface area contributed by atoms with E-state index < -0.39 is 0 Å². The predicted octanol–water partition coefficient (Wildman–Crippen LogP) is 3.52. The maximum atomic E-state index is 12.1. The zero-order valence-electron chi connectivity index (χ0n) is 13.3. The molecule has 1 aliphatic heterocycles. The Hall–Kier alpha value is -3.55. The van der Waals surface area contributed by atoms with Gasteiger partial charge in [-0.25, -0.2) is 0 Å². The Balaban J connectivity index is 1.73. The van der Waals surface area contributed by atoms with Gasteiger partial charge in [0, 0.05) is 5.56 Å². The molecule has 8 nitrogen and oxygen atoms in total. The fourth-order valence-electron chi connectivity index (χ4n) is 2.52. The fraction of sp³-hybridized carbons (Fsp3) is 0.118. The number of hydrogen-bond donors (Lipinski definition) is 2. The van der Waals surface area contributed by atoms with Gasteiger partial charge in [0.1, 0.15) is 11.4 Å². The van der Waals surface area contributed by atoms with E-state index >= 15 is 0 Å². The highest BCUT2D eigenvalue weighted by molar-refractivity contribution is 5.73. The van der Waals surface area contributed by atoms with E-state index in [-0.39, 0.29) is 18.0 Å². The molecule has 0 saturated heterocycles. The molecule has 0 fully saturated rings. The maximum absolute atomic E-state index is 12.1. The van der Waals surface area contributed by atoms with Crippen LogP contribution in [0, 0.1) is 0 Å². The molecular formula is C17H14N4O4. The van der Waals surface area contributed by atoms with Gasteiger partial charge in [-0.1, -0.05) is 12.1 Å². The first-order chi connectivity index (χ1) is 12.3. The quantitative estimate of drug-likeness (QED) is 0.711. The van der Waals surface area contributed by atoms with Crippen LogP contribution >= 0.6 is 0 Å². The summed E-state index contributed by atoms with van der Waals surface area (Å²) < 4.78 is 15.9. The van der Waals surface area contributed by atoms with Crippen molar-refractivity contribution in [3.8, 4) is 28.5 Å². The average molecular weight is 338 g/mol. The molecule has 2 N–H and O–H groups in total. The number of azo groups is 1. The second-order valence-corrected chi connectivity index (χ2v) is 5.24. The van der Waals surface area contributed by atoms with E-state index in [1.165, 1.54) is 0 Å². The van der Waals surface area contributed by atoms with Crippen molar-refractivity contribution in [2.45, 2.75) is 0 Å². The lowest BCUT2D eigenvalue weighted by Gasteiger charge is -2.03. The van der Waals surface area contributed by atoms with Crippen molar-refractivity contribution < 1.29 is 14.2 Å². The minimum atomic E-state index is -0.369. The van der Waals surface area contributed by atoms with E-state index in [2.05, 4.69) is 20.4 Å². The van der Waals surface area contributed by atoms with Crippen LogP contribution in [-0.2, 0) is 0 Å². The van der Waals surface area contributed by atoms with Crippen molar-refractivity contribution in [1.82, 2.24) is 10.2 Å². The number of ether oxygens (including phenoxy) is 3. The van der Waals surface area contributed by atoms with Crippen LogP contribution in [0.4, 0.5) is 11.4 Å². The summed E-state index contributed by atoms with van der Waals surface area (Å²) in [6.45, 7) is 0.183. The molecule has 0 radical (unpaired) electrons. The van der Waals surface area contributed by atoms with Crippen molar-refractivity contribution in [2.75, 3.05) is 13.9 Å². The van der Waals surface area contributed by atoms with Gasteiger partial charge in [0.15, 0.2) is 17.2 Å². The number of aromatic amines is 2. The third kappa shape index (κ3) is 2.74. The number of H-pyrrole nitrogens is 2. The Morgan fingerprint density at radius 3 is 2.76 bits per heavy atom. The van der Waals surface area contributed by atoms with Crippen molar-refractivity contribution in [2.24, 2.45) is 10.2 Å². The maximum Gasteiger partial charge on any atom is 0.292 e. The number of fused-ring (bicyclic) bond motifs is 1. The molecule has 0 aliphatic carbocycles. The lowest BCUT2D eigenvalue weighted by atomic mass is 10.1. The van der Waals surface area contributed by atoms with Crippen molar-refractivity contribution >= 4 is 11.4 Å². The number of para-hydroxylation sites is 1. The van der Waals surface area contributed by atoms with E-state index in [0.29, 0.717) is 28.6 Å². The van der Waals surface area contributed by atoms with E-state index in [1.54, 1.807) is 31.4 Å². The monoisotopic (exact) mass is 338 g/mol. The van der Waals surface area contributed by atoms with Crippen LogP contribution in [0.5, 0.6) is 17.2 Å². The van der Waals surface area contributed by atoms with Crippen molar-refractivity contribution in [3.63, 3.8) is 0 Å². The topological polar surface area (TPSA) is 101 Å². The summed E-state index contributed by atoms with van der Waals surface area (Å²) in [7, 11) is 1.55. The first kappa shape index (κ1) is 15.0. The molecule has 2 aromatic carbocycles. The largest absolute Gasteiger partial charge is 0.494 e. The smallest absolute Gasteiger partial charge is 0.292 e. The second-order valence-electron chi connectivity index (χ2n) is 5.24. The summed E-state index contributed by atoms with van der Waals surface area (Å²) in [5.41, 5.74) is 1.58. The van der Waals surface area contributed by atoms with Crippen LogP contribution in [0.1, 0.15) is 0 Å². The van der Waals surface area contributed by atoms with Gasteiger partial charge in [0.25, 0.3) is 5.56 Å². The predicted molar refractivity (Wildman–Crippen MR) is 90.1 cm³/mol. The Morgan fingerprint density at radius 2 is 1.88 bits per heavy atom. The van der Waals surface area contributed by atoms with Gasteiger partial charge in [0.2, 0.25) is 6.79 Å². The highest BCUT2D eigenvalue weighted by Gasteiger charge is 2.17. The van der Waals surface area contributed by atoms with Crippen molar-refractivity contribution in [1.29, 1.82) is 0 Å². The average Bonchev–Trinajstić information content (AvgIpc) is 3.26. The zero-order valence-corrected chi connectivity index (χ0v) is 13.3. The molecule has 3 aromatic rings. The molecule has 2 heterocycles. The molecule has 1 aromatic heterocycles. The van der Waals surface area contributed by atoms with Crippen molar-refractivity contribution in [3.05, 3.63) is 52.8 Å². The summed E-state index contributed by atoms with van der Waals surface area (Å²) in [4.78, 5) is 12.1. The number of benzene rings is 2. The molecule has 126 valence electrons. The van der Waals surface area contributed by atoms with Crippen LogP contribution in [0.25, 0.3) is 11.3 Å². The molecule has 0 spiro atoms. The summed E-state index contributed by atoms with van der Waals surface area (Å²) in [6.07, 6.45) is 0. The van der Waals surface area contributed by atoms with Gasteiger partial charge in [-0.3, -0.25) is 15.0 Å². The molecule has 4 rings (SSSR count). The van der Waals surface area contributed by atoms with Gasteiger partial charge in [0.05, 0.1) is 12.8 Å². The molecule has 0 amide bonds. The number of hydrogen-bond acceptors (Lipinski definition) is 6. The number of rotatable bonds is 4. The Kier molecular flexibility index (Phi) is 3.70. The van der Waals surface area contributed by atoms with Gasteiger partial charge in [-0.15, -0.1) is 10.2 Å². The Morgan fingerprint density at radius 1 is 1.04 bits per heavy atom. The van der Waals surface area contributed by atoms with Crippen LogP contribution in [0.15, 0.2) is 57.5 Å². The summed E-state index contributed by atoms with van der Waals surface area (Å²) >= 11 is 0. The minimum absolute atomic E-state index is 0.171. The first-order valence-corrected chi connectivity index (χ1v) is 7.51. The lowest BCUT2D eigenvalue weighted by Crippen LogP contribution is -1.96. The van der Waals surface area contributed by atoms with Gasteiger partial charge in [-0.2, -0.15) is 0 Å². The number of nitrogens with one attached hydrogen (secondary N) is 2. The van der Waals surface area contributed by atoms with Crippen LogP contribution in [0.3, 0.4) is 0 Å². The standard InChI is InChI=1S/C17H14N4O4/c1-23-12-5-3-2-4-11(12)18-20-16-15(19-21-17(16)22)10-6-7-13-14(8-10)25-9-24-13/h2-8H,9H2,1H3,(H2,19,21,22). The highest BCUT2D eigenvalue weighted by Crippen LogP contribution is 2.37. The fourth-order valence-corrected chi connectivity index (χ4v) is 2.52.